The molecule has 0 atom stereocenters. The molecule has 0 fully saturated rings. The van der Waals surface area contributed by atoms with Crippen molar-refractivity contribution < 1.29 is 0 Å². The van der Waals surface area contributed by atoms with Crippen LogP contribution in [0.2, 0.25) is 0 Å². The summed E-state index contributed by atoms with van der Waals surface area (Å²) < 4.78 is 0. The zero-order chi connectivity index (χ0) is 9.97. The zero-order valence-electron chi connectivity index (χ0n) is 7.69. The quantitative estimate of drug-likeness (QED) is 0.581. The highest BCUT2D eigenvalue weighted by molar-refractivity contribution is 7.13. The molecular weight excluding hydrogens is 196 g/mol. The molecule has 0 amide bonds. The number of nitrogens with two attached hydrogens (primary N) is 1. The van der Waals surface area contributed by atoms with Crippen LogP contribution in [0.15, 0.2) is 23.7 Å². The van der Waals surface area contributed by atoms with Crippen LogP contribution >= 0.6 is 11.3 Å². The van der Waals surface area contributed by atoms with Gasteiger partial charge in [-0.05, 0) is 19.1 Å². The second kappa shape index (κ2) is 3.73. The van der Waals surface area contributed by atoms with E-state index in [9.17, 15) is 0 Å². The molecule has 0 aliphatic rings. The topological polar surface area (TPSA) is 63.8 Å². The minimum absolute atomic E-state index is 0.648. The summed E-state index contributed by atoms with van der Waals surface area (Å²) in [5.74, 6) is 5.92. The normalized spacial score (nSPS) is 10.1. The van der Waals surface area contributed by atoms with Gasteiger partial charge in [-0.2, -0.15) is 0 Å². The number of pyridine rings is 1. The summed E-state index contributed by atoms with van der Waals surface area (Å²) in [5.41, 5.74) is 4.57. The van der Waals surface area contributed by atoms with Crippen LogP contribution in [0.4, 0.5) is 5.82 Å². The van der Waals surface area contributed by atoms with Gasteiger partial charge < -0.3 is 5.43 Å². The first-order chi connectivity index (χ1) is 6.79. The third-order valence-corrected chi connectivity index (χ3v) is 2.78. The number of hydrogen-bond donors (Lipinski definition) is 2. The second-order valence-corrected chi connectivity index (χ2v) is 3.73. The van der Waals surface area contributed by atoms with Gasteiger partial charge in [0.1, 0.15) is 10.8 Å². The molecular formula is C9H10N4S. The van der Waals surface area contributed by atoms with Crippen molar-refractivity contribution in [1.82, 2.24) is 9.97 Å². The van der Waals surface area contributed by atoms with E-state index in [4.69, 9.17) is 5.84 Å². The summed E-state index contributed by atoms with van der Waals surface area (Å²) in [4.78, 5) is 8.41. The smallest absolute Gasteiger partial charge is 0.140 e. The molecule has 0 aromatic carbocycles. The first-order valence-corrected chi connectivity index (χ1v) is 5.03. The minimum Gasteiger partial charge on any atom is -0.308 e. The van der Waals surface area contributed by atoms with Crippen molar-refractivity contribution in [3.05, 3.63) is 29.4 Å². The maximum Gasteiger partial charge on any atom is 0.140 e. The highest BCUT2D eigenvalue weighted by Gasteiger charge is 2.02. The number of nitrogens with zero attached hydrogens (tertiary/aromatic N) is 2. The van der Waals surface area contributed by atoms with E-state index in [1.807, 2.05) is 24.4 Å². The number of rotatable bonds is 2. The van der Waals surface area contributed by atoms with Crippen LogP contribution in [-0.2, 0) is 0 Å². The highest BCUT2D eigenvalue weighted by atomic mass is 32.1. The molecule has 2 heterocycles. The summed E-state index contributed by atoms with van der Waals surface area (Å²) in [6.07, 6.45) is 1.71. The largest absolute Gasteiger partial charge is 0.308 e. The average molecular weight is 206 g/mol. The molecule has 2 aromatic heterocycles. The molecule has 0 saturated carbocycles. The Balaban J connectivity index is 2.41. The lowest BCUT2D eigenvalue weighted by Gasteiger charge is -2.00. The van der Waals surface area contributed by atoms with Crippen molar-refractivity contribution >= 4 is 17.2 Å². The lowest BCUT2D eigenvalue weighted by atomic mass is 10.3. The van der Waals surface area contributed by atoms with Gasteiger partial charge in [0.25, 0.3) is 0 Å². The minimum atomic E-state index is 0.648. The van der Waals surface area contributed by atoms with Crippen LogP contribution in [0.3, 0.4) is 0 Å². The number of aromatic nitrogens is 2. The van der Waals surface area contributed by atoms with Crippen LogP contribution < -0.4 is 11.3 Å². The highest BCUT2D eigenvalue weighted by Crippen LogP contribution is 2.24. The van der Waals surface area contributed by atoms with E-state index in [1.54, 1.807) is 17.5 Å². The molecule has 2 rings (SSSR count). The number of nitrogen functional groups attached to an aromatic ring is 1. The van der Waals surface area contributed by atoms with Crippen molar-refractivity contribution in [1.29, 1.82) is 0 Å². The van der Waals surface area contributed by atoms with Gasteiger partial charge >= 0.3 is 0 Å². The number of hydrazine groups is 1. The third kappa shape index (κ3) is 1.73. The van der Waals surface area contributed by atoms with E-state index >= 15 is 0 Å². The molecule has 72 valence electrons. The van der Waals surface area contributed by atoms with Crippen molar-refractivity contribution in [2.45, 2.75) is 6.92 Å². The van der Waals surface area contributed by atoms with Crippen LogP contribution in [0.5, 0.6) is 0 Å². The lowest BCUT2D eigenvalue weighted by Crippen LogP contribution is -2.08. The van der Waals surface area contributed by atoms with Crippen molar-refractivity contribution in [3.63, 3.8) is 0 Å². The van der Waals surface area contributed by atoms with Gasteiger partial charge in [0.15, 0.2) is 0 Å². The summed E-state index contributed by atoms with van der Waals surface area (Å²) in [7, 11) is 0. The number of thiazole rings is 1. The van der Waals surface area contributed by atoms with Crippen molar-refractivity contribution in [2.24, 2.45) is 5.84 Å². The molecule has 0 saturated heterocycles. The number of aryl methyl sites for hydroxylation is 1. The molecule has 5 heteroatoms. The molecule has 2 aromatic rings. The lowest BCUT2D eigenvalue weighted by molar-refractivity contribution is 1.22. The predicted molar refractivity (Wildman–Crippen MR) is 57.9 cm³/mol. The fourth-order valence-electron chi connectivity index (χ4n) is 1.13. The van der Waals surface area contributed by atoms with Crippen LogP contribution in [0, 0.1) is 6.92 Å². The maximum absolute atomic E-state index is 5.27. The van der Waals surface area contributed by atoms with Crippen LogP contribution in [0.1, 0.15) is 5.69 Å². The zero-order valence-corrected chi connectivity index (χ0v) is 8.51. The van der Waals surface area contributed by atoms with E-state index in [0.717, 1.165) is 16.3 Å². The van der Waals surface area contributed by atoms with Crippen molar-refractivity contribution in [3.8, 4) is 10.6 Å². The van der Waals surface area contributed by atoms with E-state index in [0.29, 0.717) is 5.82 Å². The van der Waals surface area contributed by atoms with E-state index < -0.39 is 0 Å². The Morgan fingerprint density at radius 3 is 3.00 bits per heavy atom. The standard InChI is InChI=1S/C9H10N4S/c1-6-5-14-9(12-6)7-2-3-11-8(4-7)13-10/h2-5H,10H2,1H3,(H,11,13). The second-order valence-electron chi connectivity index (χ2n) is 2.87. The third-order valence-electron chi connectivity index (χ3n) is 1.77. The summed E-state index contributed by atoms with van der Waals surface area (Å²) in [5, 5.41) is 3.01. The SMILES string of the molecule is Cc1csc(-c2ccnc(NN)c2)n1. The Morgan fingerprint density at radius 2 is 2.36 bits per heavy atom. The first-order valence-electron chi connectivity index (χ1n) is 4.15. The molecule has 0 radical (unpaired) electrons. The number of hydrogen-bond acceptors (Lipinski definition) is 5. The molecule has 0 unspecified atom stereocenters. The molecule has 0 aliphatic heterocycles. The van der Waals surface area contributed by atoms with E-state index in [2.05, 4.69) is 15.4 Å². The van der Waals surface area contributed by atoms with Gasteiger partial charge in [-0.15, -0.1) is 11.3 Å². The van der Waals surface area contributed by atoms with E-state index in [-0.39, 0.29) is 0 Å². The summed E-state index contributed by atoms with van der Waals surface area (Å²) in [6, 6.07) is 3.79. The number of anilines is 1. The van der Waals surface area contributed by atoms with Crippen molar-refractivity contribution in [2.75, 3.05) is 5.43 Å². The number of nitrogens with one attached hydrogen (secondary N) is 1. The molecule has 0 aliphatic carbocycles. The van der Waals surface area contributed by atoms with Gasteiger partial charge in [0.05, 0.1) is 0 Å². The average Bonchev–Trinajstić information content (AvgIpc) is 2.65. The predicted octanol–water partition coefficient (Wildman–Crippen LogP) is 1.80. The Bertz CT molecular complexity index is 438. The Hall–Kier alpha value is -1.46. The summed E-state index contributed by atoms with van der Waals surface area (Å²) in [6.45, 7) is 1.98. The maximum atomic E-state index is 5.27. The van der Waals surface area contributed by atoms with Gasteiger partial charge in [0, 0.05) is 22.8 Å². The van der Waals surface area contributed by atoms with E-state index in [1.165, 1.54) is 0 Å². The molecule has 0 spiro atoms. The molecule has 3 N–H and O–H groups in total. The van der Waals surface area contributed by atoms with Gasteiger partial charge in [0.2, 0.25) is 0 Å². The molecule has 0 bridgehead atoms. The Kier molecular flexibility index (Phi) is 2.43. The molecule has 14 heavy (non-hydrogen) atoms. The first kappa shape index (κ1) is 9.11. The van der Waals surface area contributed by atoms with Crippen LogP contribution in [-0.4, -0.2) is 9.97 Å². The Labute approximate surface area is 85.8 Å². The van der Waals surface area contributed by atoms with Crippen LogP contribution in [0.25, 0.3) is 10.6 Å². The fraction of sp³-hybridized carbons (Fsp3) is 0.111. The fourth-order valence-corrected chi connectivity index (χ4v) is 1.92. The van der Waals surface area contributed by atoms with Gasteiger partial charge in [-0.25, -0.2) is 15.8 Å². The molecule has 4 nitrogen and oxygen atoms in total. The van der Waals surface area contributed by atoms with Gasteiger partial charge in [-0.1, -0.05) is 0 Å². The monoisotopic (exact) mass is 206 g/mol. The Morgan fingerprint density at radius 1 is 1.50 bits per heavy atom. The summed E-state index contributed by atoms with van der Waals surface area (Å²) >= 11 is 1.61. The van der Waals surface area contributed by atoms with Gasteiger partial charge in [-0.3, -0.25) is 0 Å².